The molecular formula is C26H19Cl2N3O4S. The summed E-state index contributed by atoms with van der Waals surface area (Å²) >= 11 is 12.2. The molecule has 10 heteroatoms. The van der Waals surface area contributed by atoms with Crippen LogP contribution in [0.3, 0.4) is 0 Å². The number of aromatic nitrogens is 1. The lowest BCUT2D eigenvalue weighted by atomic mass is 10.0. The molecule has 182 valence electrons. The minimum Gasteiger partial charge on any atom is -0.482 e. The van der Waals surface area contributed by atoms with Gasteiger partial charge in [-0.05, 0) is 53.6 Å². The third-order valence-corrected chi connectivity index (χ3v) is 7.56. The zero-order chi connectivity index (χ0) is 25.3. The lowest BCUT2D eigenvalue weighted by molar-refractivity contribution is -0.121. The lowest BCUT2D eigenvalue weighted by Crippen LogP contribution is -2.38. The summed E-state index contributed by atoms with van der Waals surface area (Å²) in [4.78, 5) is 18.7. The van der Waals surface area contributed by atoms with Gasteiger partial charge < -0.3 is 9.64 Å². The number of pyridine rings is 1. The number of hydrogen-bond acceptors (Lipinski definition) is 5. The van der Waals surface area contributed by atoms with Crippen molar-refractivity contribution in [3.63, 3.8) is 0 Å². The maximum atomic E-state index is 12.8. The van der Waals surface area contributed by atoms with Crippen LogP contribution in [0.25, 0.3) is 11.1 Å². The zero-order valence-corrected chi connectivity index (χ0v) is 21.0. The summed E-state index contributed by atoms with van der Waals surface area (Å²) in [6.07, 6.45) is 1.54. The third-order valence-electron chi connectivity index (χ3n) is 5.63. The predicted octanol–water partition coefficient (Wildman–Crippen LogP) is 5.78. The average molecular weight is 540 g/mol. The summed E-state index contributed by atoms with van der Waals surface area (Å²) in [7, 11) is -3.86. The number of benzene rings is 3. The Morgan fingerprint density at radius 1 is 0.944 bits per heavy atom. The van der Waals surface area contributed by atoms with Crippen molar-refractivity contribution < 1.29 is 17.9 Å². The fourth-order valence-electron chi connectivity index (χ4n) is 3.81. The van der Waals surface area contributed by atoms with Crippen LogP contribution in [0.4, 0.5) is 11.4 Å². The van der Waals surface area contributed by atoms with E-state index in [1.165, 1.54) is 12.1 Å². The van der Waals surface area contributed by atoms with Crippen molar-refractivity contribution in [1.29, 1.82) is 0 Å². The molecule has 0 radical (unpaired) electrons. The Kier molecular flexibility index (Phi) is 6.57. The molecule has 4 aromatic rings. The van der Waals surface area contributed by atoms with Crippen molar-refractivity contribution >= 4 is 50.5 Å². The van der Waals surface area contributed by atoms with E-state index in [1.807, 2.05) is 24.3 Å². The van der Waals surface area contributed by atoms with E-state index >= 15 is 0 Å². The molecule has 1 N–H and O–H groups in total. The molecule has 3 aromatic carbocycles. The lowest BCUT2D eigenvalue weighted by Gasteiger charge is -2.30. The van der Waals surface area contributed by atoms with Crippen LogP contribution < -0.4 is 14.4 Å². The number of rotatable bonds is 6. The van der Waals surface area contributed by atoms with Gasteiger partial charge in [-0.2, -0.15) is 0 Å². The third kappa shape index (κ3) is 5.02. The fourth-order valence-corrected chi connectivity index (χ4v) is 5.22. The van der Waals surface area contributed by atoms with Gasteiger partial charge in [0, 0.05) is 16.8 Å². The first-order valence-electron chi connectivity index (χ1n) is 10.9. The molecule has 0 spiro atoms. The van der Waals surface area contributed by atoms with Gasteiger partial charge in [-0.25, -0.2) is 13.4 Å². The summed E-state index contributed by atoms with van der Waals surface area (Å²) in [6, 6.07) is 22.3. The van der Waals surface area contributed by atoms with Gasteiger partial charge in [-0.1, -0.05) is 59.6 Å². The summed E-state index contributed by atoms with van der Waals surface area (Å²) in [5.74, 6) is 0.388. The van der Waals surface area contributed by atoms with E-state index in [-0.39, 0.29) is 28.3 Å². The van der Waals surface area contributed by atoms with E-state index in [4.69, 9.17) is 27.9 Å². The first-order chi connectivity index (χ1) is 17.3. The molecule has 1 aliphatic rings. The number of nitrogens with one attached hydrogen (secondary N) is 1. The van der Waals surface area contributed by atoms with Gasteiger partial charge in [0.1, 0.15) is 5.75 Å². The second-order valence-corrected chi connectivity index (χ2v) is 10.5. The smallest absolute Gasteiger partial charge is 0.265 e. The quantitative estimate of drug-likeness (QED) is 0.313. The molecule has 0 unspecified atom stereocenters. The summed E-state index contributed by atoms with van der Waals surface area (Å²) < 4.78 is 33.7. The average Bonchev–Trinajstić information content (AvgIpc) is 2.88. The SMILES string of the molecule is O=C1COc2ccc(-c3cnc(Cl)c(NS(=O)(=O)c4ccccc4)c3)cc2N1Cc1ccc(Cl)cc1. The van der Waals surface area contributed by atoms with Gasteiger partial charge in [0.05, 0.1) is 22.8 Å². The molecule has 0 saturated heterocycles. The molecule has 1 aliphatic heterocycles. The predicted molar refractivity (Wildman–Crippen MR) is 140 cm³/mol. The molecule has 1 amide bonds. The number of anilines is 2. The first kappa shape index (κ1) is 24.1. The number of amides is 1. The van der Waals surface area contributed by atoms with Gasteiger partial charge in [0.2, 0.25) is 0 Å². The highest BCUT2D eigenvalue weighted by Crippen LogP contribution is 2.38. The van der Waals surface area contributed by atoms with Crippen molar-refractivity contribution in [2.45, 2.75) is 11.4 Å². The van der Waals surface area contributed by atoms with Crippen LogP contribution >= 0.6 is 23.2 Å². The van der Waals surface area contributed by atoms with Crippen LogP contribution in [0.15, 0.2) is 90.0 Å². The Hall–Kier alpha value is -3.59. The molecule has 5 rings (SSSR count). The minimum atomic E-state index is -3.86. The van der Waals surface area contributed by atoms with E-state index in [1.54, 1.807) is 53.6 Å². The van der Waals surface area contributed by atoms with Gasteiger partial charge in [0.25, 0.3) is 15.9 Å². The van der Waals surface area contributed by atoms with Crippen molar-refractivity contribution in [1.82, 2.24) is 4.98 Å². The number of carbonyl (C=O) groups excluding carboxylic acids is 1. The molecule has 0 bridgehead atoms. The number of hydrogen-bond donors (Lipinski definition) is 1. The Bertz CT molecular complexity index is 1550. The summed E-state index contributed by atoms with van der Waals surface area (Å²) in [5, 5.41) is 0.628. The molecule has 0 fully saturated rings. The zero-order valence-electron chi connectivity index (χ0n) is 18.7. The summed E-state index contributed by atoms with van der Waals surface area (Å²) in [5.41, 5.74) is 2.97. The highest BCUT2D eigenvalue weighted by molar-refractivity contribution is 7.92. The molecule has 2 heterocycles. The van der Waals surface area contributed by atoms with Crippen LogP contribution in [0.1, 0.15) is 5.56 Å². The Morgan fingerprint density at radius 3 is 2.44 bits per heavy atom. The first-order valence-corrected chi connectivity index (χ1v) is 13.1. The highest BCUT2D eigenvalue weighted by Gasteiger charge is 2.26. The van der Waals surface area contributed by atoms with Crippen LogP contribution in [0.2, 0.25) is 10.2 Å². The standard InChI is InChI=1S/C26H19Cl2N3O4S/c27-20-9-6-17(7-10-20)15-31-23-13-18(8-11-24(23)35-16-25(31)32)19-12-22(26(28)29-14-19)30-36(33,34)21-4-2-1-3-5-21/h1-14,30H,15-16H2. The second-order valence-electron chi connectivity index (χ2n) is 8.06. The largest absolute Gasteiger partial charge is 0.482 e. The molecule has 36 heavy (non-hydrogen) atoms. The van der Waals surface area contributed by atoms with Gasteiger partial charge >= 0.3 is 0 Å². The number of ether oxygens (including phenoxy) is 1. The molecular weight excluding hydrogens is 521 g/mol. The highest BCUT2D eigenvalue weighted by atomic mass is 35.5. The number of halogens is 2. The van der Waals surface area contributed by atoms with E-state index in [0.29, 0.717) is 34.1 Å². The maximum Gasteiger partial charge on any atom is 0.265 e. The van der Waals surface area contributed by atoms with Gasteiger partial charge in [0.15, 0.2) is 11.8 Å². The molecule has 0 atom stereocenters. The Labute approximate surface area is 218 Å². The topological polar surface area (TPSA) is 88.6 Å². The van der Waals surface area contributed by atoms with Gasteiger partial charge in [-0.15, -0.1) is 0 Å². The monoisotopic (exact) mass is 539 g/mol. The molecule has 1 aromatic heterocycles. The van der Waals surface area contributed by atoms with E-state index in [0.717, 1.165) is 5.56 Å². The Balaban J connectivity index is 1.48. The van der Waals surface area contributed by atoms with Crippen molar-refractivity contribution in [3.8, 4) is 16.9 Å². The van der Waals surface area contributed by atoms with E-state index in [9.17, 15) is 13.2 Å². The second kappa shape index (κ2) is 9.81. The fraction of sp³-hybridized carbons (Fsp3) is 0.0769. The number of sulfonamides is 1. The van der Waals surface area contributed by atoms with E-state index in [2.05, 4.69) is 9.71 Å². The van der Waals surface area contributed by atoms with Gasteiger partial charge in [-0.3, -0.25) is 9.52 Å². The van der Waals surface area contributed by atoms with Crippen LogP contribution in [0, 0.1) is 0 Å². The Morgan fingerprint density at radius 2 is 1.69 bits per heavy atom. The molecule has 0 saturated carbocycles. The molecule has 7 nitrogen and oxygen atoms in total. The molecule has 0 aliphatic carbocycles. The number of nitrogens with zero attached hydrogens (tertiary/aromatic N) is 2. The van der Waals surface area contributed by atoms with Crippen LogP contribution in [-0.4, -0.2) is 25.9 Å². The maximum absolute atomic E-state index is 12.8. The van der Waals surface area contributed by atoms with Crippen molar-refractivity contribution in [2.24, 2.45) is 0 Å². The van der Waals surface area contributed by atoms with Crippen LogP contribution in [0.5, 0.6) is 5.75 Å². The van der Waals surface area contributed by atoms with Crippen molar-refractivity contribution in [2.75, 3.05) is 16.2 Å². The summed E-state index contributed by atoms with van der Waals surface area (Å²) in [6.45, 7) is 0.282. The number of fused-ring (bicyclic) bond motifs is 1. The number of carbonyl (C=O) groups is 1. The van der Waals surface area contributed by atoms with E-state index < -0.39 is 10.0 Å². The normalized spacial score (nSPS) is 13.2. The van der Waals surface area contributed by atoms with Crippen molar-refractivity contribution in [3.05, 3.63) is 101 Å². The minimum absolute atomic E-state index is 0.0130. The van der Waals surface area contributed by atoms with Crippen LogP contribution in [-0.2, 0) is 21.4 Å².